The molecule has 1 amide bonds. The minimum Gasteiger partial charge on any atom is -0.322 e. The number of rotatable bonds is 3. The molecule has 3 rings (SSSR count). The van der Waals surface area contributed by atoms with Crippen molar-refractivity contribution in [2.24, 2.45) is 7.05 Å². The first-order valence-electron chi connectivity index (χ1n) is 6.75. The van der Waals surface area contributed by atoms with Gasteiger partial charge in [-0.25, -0.2) is 4.39 Å². The Balaban J connectivity index is 1.92. The summed E-state index contributed by atoms with van der Waals surface area (Å²) in [5.41, 5.74) is 2.05. The second-order valence-corrected chi connectivity index (χ2v) is 5.30. The number of nitrogens with one attached hydrogen (secondary N) is 1. The Morgan fingerprint density at radius 1 is 1.35 bits per heavy atom. The lowest BCUT2D eigenvalue weighted by Gasteiger charge is -2.06. The molecule has 23 heavy (non-hydrogen) atoms. The van der Waals surface area contributed by atoms with Crippen LogP contribution in [0.4, 0.5) is 10.1 Å². The molecule has 5 nitrogen and oxygen atoms in total. The van der Waals surface area contributed by atoms with Gasteiger partial charge in [0, 0.05) is 36.9 Å². The number of halogens is 2. The van der Waals surface area contributed by atoms with Crippen LogP contribution in [0.1, 0.15) is 10.4 Å². The Labute approximate surface area is 136 Å². The van der Waals surface area contributed by atoms with Gasteiger partial charge in [-0.15, -0.1) is 0 Å². The van der Waals surface area contributed by atoms with Gasteiger partial charge in [-0.3, -0.25) is 14.5 Å². The molecule has 0 spiro atoms. The van der Waals surface area contributed by atoms with Gasteiger partial charge < -0.3 is 5.32 Å². The summed E-state index contributed by atoms with van der Waals surface area (Å²) < 4.78 is 14.7. The van der Waals surface area contributed by atoms with Crippen LogP contribution in [0.25, 0.3) is 11.3 Å². The second kappa shape index (κ2) is 6.18. The van der Waals surface area contributed by atoms with Crippen molar-refractivity contribution in [1.29, 1.82) is 0 Å². The molecule has 0 aliphatic heterocycles. The number of pyridine rings is 1. The van der Waals surface area contributed by atoms with Crippen LogP contribution in [-0.2, 0) is 7.05 Å². The molecule has 0 aliphatic carbocycles. The number of aromatic nitrogens is 3. The first-order valence-corrected chi connectivity index (χ1v) is 7.13. The molecule has 0 radical (unpaired) electrons. The van der Waals surface area contributed by atoms with E-state index >= 15 is 0 Å². The van der Waals surface area contributed by atoms with Gasteiger partial charge in [0.05, 0.1) is 10.6 Å². The summed E-state index contributed by atoms with van der Waals surface area (Å²) in [5.74, 6) is -0.901. The lowest BCUT2D eigenvalue weighted by Crippen LogP contribution is -2.12. The summed E-state index contributed by atoms with van der Waals surface area (Å²) in [6, 6.07) is 7.59. The fourth-order valence-electron chi connectivity index (χ4n) is 2.14. The van der Waals surface area contributed by atoms with Crippen LogP contribution in [0.5, 0.6) is 0 Å². The number of nitrogens with zero attached hydrogens (tertiary/aromatic N) is 3. The van der Waals surface area contributed by atoms with E-state index in [9.17, 15) is 9.18 Å². The lowest BCUT2D eigenvalue weighted by molar-refractivity contribution is 0.102. The van der Waals surface area contributed by atoms with Crippen molar-refractivity contribution >= 4 is 23.2 Å². The zero-order chi connectivity index (χ0) is 16.4. The predicted octanol–water partition coefficient (Wildman–Crippen LogP) is 3.53. The van der Waals surface area contributed by atoms with E-state index in [4.69, 9.17) is 11.6 Å². The quantitative estimate of drug-likeness (QED) is 0.799. The Morgan fingerprint density at radius 3 is 2.87 bits per heavy atom. The highest BCUT2D eigenvalue weighted by molar-refractivity contribution is 6.31. The molecule has 2 aromatic heterocycles. The third-order valence-corrected chi connectivity index (χ3v) is 3.48. The first kappa shape index (κ1) is 15.2. The van der Waals surface area contributed by atoms with Gasteiger partial charge in [-0.2, -0.15) is 5.10 Å². The average molecular weight is 331 g/mol. The molecule has 116 valence electrons. The van der Waals surface area contributed by atoms with Gasteiger partial charge in [-0.05, 0) is 30.3 Å². The summed E-state index contributed by atoms with van der Waals surface area (Å²) in [4.78, 5) is 16.5. The smallest absolute Gasteiger partial charge is 0.259 e. The minimum absolute atomic E-state index is 0.0542. The first-order chi connectivity index (χ1) is 11.0. The van der Waals surface area contributed by atoms with Gasteiger partial charge >= 0.3 is 0 Å². The van der Waals surface area contributed by atoms with E-state index in [1.807, 2.05) is 6.07 Å². The maximum atomic E-state index is 13.2. The number of anilines is 1. The van der Waals surface area contributed by atoms with Gasteiger partial charge in [0.15, 0.2) is 0 Å². The van der Waals surface area contributed by atoms with E-state index in [-0.39, 0.29) is 10.9 Å². The summed E-state index contributed by atoms with van der Waals surface area (Å²) in [6.45, 7) is 0. The molecule has 2 heterocycles. The molecule has 0 atom stereocenters. The largest absolute Gasteiger partial charge is 0.322 e. The molecular formula is C16H12ClFN4O. The van der Waals surface area contributed by atoms with Crippen LogP contribution < -0.4 is 5.32 Å². The SMILES string of the molecule is Cn1cc(C(=O)Nc2ccc(F)c(Cl)c2)c(-c2cccnc2)n1. The maximum absolute atomic E-state index is 13.2. The number of carbonyl (C=O) groups is 1. The molecule has 7 heteroatoms. The third kappa shape index (κ3) is 3.22. The van der Waals surface area contributed by atoms with Crippen LogP contribution in [0.2, 0.25) is 5.02 Å². The molecule has 0 saturated carbocycles. The van der Waals surface area contributed by atoms with Crippen molar-refractivity contribution in [2.45, 2.75) is 0 Å². The van der Waals surface area contributed by atoms with Crippen LogP contribution >= 0.6 is 11.6 Å². The Kier molecular flexibility index (Phi) is 4.08. The fraction of sp³-hybridized carbons (Fsp3) is 0.0625. The molecule has 0 unspecified atom stereocenters. The highest BCUT2D eigenvalue weighted by Gasteiger charge is 2.17. The van der Waals surface area contributed by atoms with Crippen molar-refractivity contribution in [1.82, 2.24) is 14.8 Å². The van der Waals surface area contributed by atoms with Crippen molar-refractivity contribution in [2.75, 3.05) is 5.32 Å². The monoisotopic (exact) mass is 330 g/mol. The Hall–Kier alpha value is -2.73. The average Bonchev–Trinajstić information content (AvgIpc) is 2.94. The van der Waals surface area contributed by atoms with Crippen molar-refractivity contribution in [3.05, 3.63) is 65.3 Å². The van der Waals surface area contributed by atoms with Gasteiger partial charge in [0.1, 0.15) is 11.5 Å². The molecule has 1 N–H and O–H groups in total. The summed E-state index contributed by atoms with van der Waals surface area (Å²) >= 11 is 5.72. The summed E-state index contributed by atoms with van der Waals surface area (Å²) in [6.07, 6.45) is 4.89. The van der Waals surface area contributed by atoms with Crippen LogP contribution in [0.15, 0.2) is 48.9 Å². The van der Waals surface area contributed by atoms with Gasteiger partial charge in [0.2, 0.25) is 0 Å². The van der Waals surface area contributed by atoms with Crippen molar-refractivity contribution in [3.63, 3.8) is 0 Å². The summed E-state index contributed by atoms with van der Waals surface area (Å²) in [5, 5.41) is 6.94. The van der Waals surface area contributed by atoms with Gasteiger partial charge in [-0.1, -0.05) is 11.6 Å². The minimum atomic E-state index is -0.540. The van der Waals surface area contributed by atoms with Crippen LogP contribution in [0.3, 0.4) is 0 Å². The molecule has 0 bridgehead atoms. The normalized spacial score (nSPS) is 10.6. The summed E-state index contributed by atoms with van der Waals surface area (Å²) in [7, 11) is 1.73. The number of aryl methyl sites for hydroxylation is 1. The number of carbonyl (C=O) groups excluding carboxylic acids is 1. The Morgan fingerprint density at radius 2 is 2.17 bits per heavy atom. The van der Waals surface area contributed by atoms with E-state index in [1.54, 1.807) is 36.4 Å². The topological polar surface area (TPSA) is 59.8 Å². The molecular weight excluding hydrogens is 319 g/mol. The second-order valence-electron chi connectivity index (χ2n) is 4.89. The van der Waals surface area contributed by atoms with Crippen LogP contribution in [-0.4, -0.2) is 20.7 Å². The molecule has 0 saturated heterocycles. The fourth-order valence-corrected chi connectivity index (χ4v) is 2.32. The maximum Gasteiger partial charge on any atom is 0.259 e. The molecule has 3 aromatic rings. The predicted molar refractivity (Wildman–Crippen MR) is 85.8 cm³/mol. The van der Waals surface area contributed by atoms with Crippen molar-refractivity contribution in [3.8, 4) is 11.3 Å². The van der Waals surface area contributed by atoms with E-state index in [0.29, 0.717) is 16.9 Å². The number of hydrogen-bond acceptors (Lipinski definition) is 3. The van der Waals surface area contributed by atoms with Gasteiger partial charge in [0.25, 0.3) is 5.91 Å². The highest BCUT2D eigenvalue weighted by atomic mass is 35.5. The van der Waals surface area contributed by atoms with E-state index in [2.05, 4.69) is 15.4 Å². The molecule has 0 fully saturated rings. The number of hydrogen-bond donors (Lipinski definition) is 1. The zero-order valence-corrected chi connectivity index (χ0v) is 12.9. The van der Waals surface area contributed by atoms with Crippen molar-refractivity contribution < 1.29 is 9.18 Å². The van der Waals surface area contributed by atoms with Crippen LogP contribution in [0, 0.1) is 5.82 Å². The standard InChI is InChI=1S/C16H12ClFN4O/c1-22-9-12(15(21-22)10-3-2-6-19-8-10)16(23)20-11-4-5-14(18)13(17)7-11/h2-9H,1H3,(H,20,23). The third-order valence-electron chi connectivity index (χ3n) is 3.19. The molecule has 0 aliphatic rings. The lowest BCUT2D eigenvalue weighted by atomic mass is 10.1. The van der Waals surface area contributed by atoms with E-state index < -0.39 is 5.82 Å². The zero-order valence-electron chi connectivity index (χ0n) is 12.1. The number of amides is 1. The van der Waals surface area contributed by atoms with E-state index in [1.165, 1.54) is 18.2 Å². The number of benzene rings is 1. The highest BCUT2D eigenvalue weighted by Crippen LogP contribution is 2.23. The Bertz CT molecular complexity index is 864. The molecule has 1 aromatic carbocycles. The van der Waals surface area contributed by atoms with E-state index in [0.717, 1.165) is 5.56 Å².